The highest BCUT2D eigenvalue weighted by Gasteiger charge is 2.20. The maximum Gasteiger partial charge on any atom is 0.338 e. The summed E-state index contributed by atoms with van der Waals surface area (Å²) in [5, 5.41) is 0. The minimum absolute atomic E-state index is 0.197. The van der Waals surface area contributed by atoms with Gasteiger partial charge in [0.25, 0.3) is 0 Å². The predicted octanol–water partition coefficient (Wildman–Crippen LogP) is 2.08. The highest BCUT2D eigenvalue weighted by Crippen LogP contribution is 2.13. The first-order valence-electron chi connectivity index (χ1n) is 5.79. The van der Waals surface area contributed by atoms with E-state index in [4.69, 9.17) is 14.2 Å². The SMILES string of the molecule is COC1C=C[C@@H](COC(=O)c2ccc(C)cc2)O1. The number of methoxy groups -OCH3 is 1. The zero-order valence-corrected chi connectivity index (χ0v) is 10.5. The number of benzene rings is 1. The van der Waals surface area contributed by atoms with Gasteiger partial charge < -0.3 is 14.2 Å². The van der Waals surface area contributed by atoms with Crippen LogP contribution in [0.2, 0.25) is 0 Å². The maximum atomic E-state index is 11.7. The first-order chi connectivity index (χ1) is 8.69. The molecule has 18 heavy (non-hydrogen) atoms. The van der Waals surface area contributed by atoms with Crippen molar-refractivity contribution in [3.8, 4) is 0 Å². The quantitative estimate of drug-likeness (QED) is 0.604. The molecule has 0 saturated carbocycles. The van der Waals surface area contributed by atoms with Crippen LogP contribution in [0.4, 0.5) is 0 Å². The molecule has 1 aliphatic heterocycles. The number of esters is 1. The standard InChI is InChI=1S/C14H16O4/c1-10-3-5-11(6-4-10)14(15)17-9-12-7-8-13(16-2)18-12/h3-8,12-13H,9H2,1-2H3/t12-,13?/m0/s1. The molecule has 1 heterocycles. The second-order valence-corrected chi connectivity index (χ2v) is 4.13. The highest BCUT2D eigenvalue weighted by atomic mass is 16.7. The van der Waals surface area contributed by atoms with Crippen molar-refractivity contribution in [2.24, 2.45) is 0 Å². The van der Waals surface area contributed by atoms with Crippen LogP contribution in [0.15, 0.2) is 36.4 Å². The molecule has 4 heteroatoms. The molecule has 2 atom stereocenters. The summed E-state index contributed by atoms with van der Waals surface area (Å²) in [5.74, 6) is -0.340. The molecule has 0 spiro atoms. The second-order valence-electron chi connectivity index (χ2n) is 4.13. The molecule has 0 bridgehead atoms. The number of carbonyl (C=O) groups is 1. The van der Waals surface area contributed by atoms with E-state index in [2.05, 4.69) is 0 Å². The van der Waals surface area contributed by atoms with Gasteiger partial charge in [0.2, 0.25) is 0 Å². The minimum atomic E-state index is -0.340. The lowest BCUT2D eigenvalue weighted by atomic mass is 10.1. The number of ether oxygens (including phenoxy) is 3. The molecule has 1 aromatic carbocycles. The van der Waals surface area contributed by atoms with Crippen LogP contribution >= 0.6 is 0 Å². The third kappa shape index (κ3) is 3.18. The summed E-state index contributed by atoms with van der Waals surface area (Å²) in [5.41, 5.74) is 1.66. The Hall–Kier alpha value is -1.65. The van der Waals surface area contributed by atoms with Crippen molar-refractivity contribution < 1.29 is 19.0 Å². The molecule has 2 rings (SSSR count). The van der Waals surface area contributed by atoms with Gasteiger partial charge in [0.1, 0.15) is 12.7 Å². The van der Waals surface area contributed by atoms with E-state index in [1.165, 1.54) is 0 Å². The van der Waals surface area contributed by atoms with Gasteiger partial charge in [0.05, 0.1) is 5.56 Å². The van der Waals surface area contributed by atoms with Crippen molar-refractivity contribution in [1.82, 2.24) is 0 Å². The Morgan fingerprint density at radius 2 is 2.00 bits per heavy atom. The Bertz CT molecular complexity index is 436. The van der Waals surface area contributed by atoms with E-state index in [0.29, 0.717) is 5.56 Å². The molecular weight excluding hydrogens is 232 g/mol. The zero-order valence-electron chi connectivity index (χ0n) is 10.5. The van der Waals surface area contributed by atoms with Crippen LogP contribution in [0, 0.1) is 6.92 Å². The fourth-order valence-corrected chi connectivity index (χ4v) is 1.64. The lowest BCUT2D eigenvalue weighted by molar-refractivity contribution is -0.109. The molecule has 0 aromatic heterocycles. The van der Waals surface area contributed by atoms with Crippen molar-refractivity contribution in [2.45, 2.75) is 19.3 Å². The van der Waals surface area contributed by atoms with Crippen molar-refractivity contribution >= 4 is 5.97 Å². The zero-order chi connectivity index (χ0) is 13.0. The smallest absolute Gasteiger partial charge is 0.338 e. The van der Waals surface area contributed by atoms with Crippen LogP contribution in [0.1, 0.15) is 15.9 Å². The van der Waals surface area contributed by atoms with E-state index in [9.17, 15) is 4.79 Å². The summed E-state index contributed by atoms with van der Waals surface area (Å²) in [6.45, 7) is 2.17. The van der Waals surface area contributed by atoms with Crippen LogP contribution < -0.4 is 0 Å². The molecule has 0 amide bonds. The maximum absolute atomic E-state index is 11.7. The van der Waals surface area contributed by atoms with Gasteiger partial charge in [0, 0.05) is 7.11 Å². The number of aryl methyl sites for hydroxylation is 1. The van der Waals surface area contributed by atoms with Gasteiger partial charge in [-0.05, 0) is 25.1 Å². The molecule has 4 nitrogen and oxygen atoms in total. The van der Waals surface area contributed by atoms with Crippen LogP contribution in [-0.2, 0) is 14.2 Å². The van der Waals surface area contributed by atoms with Crippen LogP contribution in [0.3, 0.4) is 0 Å². The minimum Gasteiger partial charge on any atom is -0.459 e. The summed E-state index contributed by atoms with van der Waals surface area (Å²) in [7, 11) is 1.57. The van der Waals surface area contributed by atoms with Gasteiger partial charge in [-0.2, -0.15) is 0 Å². The molecule has 0 radical (unpaired) electrons. The number of hydrogen-bond donors (Lipinski definition) is 0. The third-order valence-electron chi connectivity index (χ3n) is 2.69. The number of hydrogen-bond acceptors (Lipinski definition) is 4. The van der Waals surface area contributed by atoms with Crippen LogP contribution in [0.5, 0.6) is 0 Å². The summed E-state index contributed by atoms with van der Waals surface area (Å²) in [6, 6.07) is 7.26. The number of rotatable bonds is 4. The Morgan fingerprint density at radius 3 is 2.61 bits per heavy atom. The normalized spacial score (nSPS) is 22.1. The van der Waals surface area contributed by atoms with Crippen LogP contribution in [-0.4, -0.2) is 32.1 Å². The Labute approximate surface area is 106 Å². The van der Waals surface area contributed by atoms with Gasteiger partial charge >= 0.3 is 5.97 Å². The fraction of sp³-hybridized carbons (Fsp3) is 0.357. The summed E-state index contributed by atoms with van der Waals surface area (Å²) in [4.78, 5) is 11.7. The Morgan fingerprint density at radius 1 is 1.28 bits per heavy atom. The van der Waals surface area contributed by atoms with E-state index in [1.54, 1.807) is 25.3 Å². The van der Waals surface area contributed by atoms with Crippen molar-refractivity contribution in [3.63, 3.8) is 0 Å². The molecule has 1 aromatic rings. The third-order valence-corrected chi connectivity index (χ3v) is 2.69. The molecular formula is C14H16O4. The van der Waals surface area contributed by atoms with E-state index < -0.39 is 0 Å². The lowest BCUT2D eigenvalue weighted by Gasteiger charge is -2.13. The van der Waals surface area contributed by atoms with Crippen molar-refractivity contribution in [1.29, 1.82) is 0 Å². The molecule has 0 saturated heterocycles. The largest absolute Gasteiger partial charge is 0.459 e. The van der Waals surface area contributed by atoms with E-state index in [0.717, 1.165) is 5.56 Å². The molecule has 1 unspecified atom stereocenters. The van der Waals surface area contributed by atoms with Gasteiger partial charge in [-0.3, -0.25) is 0 Å². The second kappa shape index (κ2) is 5.80. The highest BCUT2D eigenvalue weighted by molar-refractivity contribution is 5.89. The van der Waals surface area contributed by atoms with Gasteiger partial charge in [-0.15, -0.1) is 0 Å². The van der Waals surface area contributed by atoms with Crippen LogP contribution in [0.25, 0.3) is 0 Å². The predicted molar refractivity (Wildman–Crippen MR) is 66.3 cm³/mol. The van der Waals surface area contributed by atoms with E-state index >= 15 is 0 Å². The van der Waals surface area contributed by atoms with E-state index in [-0.39, 0.29) is 25.0 Å². The van der Waals surface area contributed by atoms with Crippen molar-refractivity contribution in [3.05, 3.63) is 47.5 Å². The first kappa shape index (κ1) is 12.8. The molecule has 96 valence electrons. The molecule has 0 fully saturated rings. The topological polar surface area (TPSA) is 44.8 Å². The average Bonchev–Trinajstić information content (AvgIpc) is 2.85. The van der Waals surface area contributed by atoms with Gasteiger partial charge in [-0.1, -0.05) is 23.8 Å². The fourth-order valence-electron chi connectivity index (χ4n) is 1.64. The molecule has 0 aliphatic carbocycles. The monoisotopic (exact) mass is 248 g/mol. The summed E-state index contributed by atoms with van der Waals surface area (Å²) >= 11 is 0. The summed E-state index contributed by atoms with van der Waals surface area (Å²) in [6.07, 6.45) is 3.05. The van der Waals surface area contributed by atoms with E-state index in [1.807, 2.05) is 25.1 Å². The first-order valence-corrected chi connectivity index (χ1v) is 5.79. The number of carbonyl (C=O) groups excluding carboxylic acids is 1. The molecule has 1 aliphatic rings. The Kier molecular flexibility index (Phi) is 4.12. The van der Waals surface area contributed by atoms with Gasteiger partial charge in [-0.25, -0.2) is 4.79 Å². The molecule has 0 N–H and O–H groups in total. The Balaban J connectivity index is 1.82. The lowest BCUT2D eigenvalue weighted by Crippen LogP contribution is -2.21. The van der Waals surface area contributed by atoms with Crippen molar-refractivity contribution in [2.75, 3.05) is 13.7 Å². The van der Waals surface area contributed by atoms with Gasteiger partial charge in [0.15, 0.2) is 6.29 Å². The summed E-state index contributed by atoms with van der Waals surface area (Å²) < 4.78 is 15.6. The average molecular weight is 248 g/mol.